The number of hydrogen-bond donors (Lipinski definition) is 2. The molecule has 1 aromatic carbocycles. The molecule has 2 aromatic rings. The van der Waals surface area contributed by atoms with E-state index in [4.69, 9.17) is 4.74 Å². The fourth-order valence-corrected chi connectivity index (χ4v) is 2.42. The van der Waals surface area contributed by atoms with Gasteiger partial charge in [-0.1, -0.05) is 24.3 Å². The van der Waals surface area contributed by atoms with E-state index in [9.17, 15) is 14.4 Å². The second-order valence-corrected chi connectivity index (χ2v) is 5.73. The Morgan fingerprint density at radius 1 is 1.09 bits per heavy atom. The van der Waals surface area contributed by atoms with Gasteiger partial charge in [0.2, 0.25) is 0 Å². The molecular weight excluding hydrogens is 316 g/mol. The SMILES string of the molecule is C[C@@H](OC(=O)Cc1cccs1)C(=O)NNC(=O)c1ccccc1. The van der Waals surface area contributed by atoms with Crippen LogP contribution in [-0.4, -0.2) is 23.9 Å². The van der Waals surface area contributed by atoms with E-state index < -0.39 is 23.9 Å². The molecular formula is C16H16N2O4S. The van der Waals surface area contributed by atoms with Gasteiger partial charge in [0.15, 0.2) is 6.10 Å². The van der Waals surface area contributed by atoms with Gasteiger partial charge in [-0.25, -0.2) is 0 Å². The maximum absolute atomic E-state index is 11.8. The van der Waals surface area contributed by atoms with Crippen LogP contribution in [0.2, 0.25) is 0 Å². The molecule has 1 atom stereocenters. The zero-order chi connectivity index (χ0) is 16.7. The number of esters is 1. The van der Waals surface area contributed by atoms with Crippen molar-refractivity contribution in [3.63, 3.8) is 0 Å². The minimum Gasteiger partial charge on any atom is -0.452 e. The summed E-state index contributed by atoms with van der Waals surface area (Å²) in [7, 11) is 0. The highest BCUT2D eigenvalue weighted by molar-refractivity contribution is 7.10. The third-order valence-electron chi connectivity index (χ3n) is 2.91. The Morgan fingerprint density at radius 2 is 1.83 bits per heavy atom. The van der Waals surface area contributed by atoms with E-state index in [0.717, 1.165) is 4.88 Å². The average molecular weight is 332 g/mol. The lowest BCUT2D eigenvalue weighted by atomic mass is 10.2. The van der Waals surface area contributed by atoms with Crippen molar-refractivity contribution in [2.45, 2.75) is 19.4 Å². The summed E-state index contributed by atoms with van der Waals surface area (Å²) in [6.07, 6.45) is -0.885. The van der Waals surface area contributed by atoms with Gasteiger partial charge in [-0.15, -0.1) is 11.3 Å². The van der Waals surface area contributed by atoms with Gasteiger partial charge in [0.1, 0.15) is 0 Å². The third-order valence-corrected chi connectivity index (χ3v) is 3.79. The number of benzene rings is 1. The molecule has 0 unspecified atom stereocenters. The molecule has 6 nitrogen and oxygen atoms in total. The van der Waals surface area contributed by atoms with E-state index in [0.29, 0.717) is 5.56 Å². The standard InChI is InChI=1S/C16H16N2O4S/c1-11(22-14(19)10-13-8-5-9-23-13)15(20)17-18-16(21)12-6-3-2-4-7-12/h2-9,11H,10H2,1H3,(H,17,20)(H,18,21)/t11-/m1/s1. The van der Waals surface area contributed by atoms with Crippen LogP contribution in [0.4, 0.5) is 0 Å². The second-order valence-electron chi connectivity index (χ2n) is 4.70. The molecule has 0 aliphatic heterocycles. The average Bonchev–Trinajstić information content (AvgIpc) is 3.05. The summed E-state index contributed by atoms with van der Waals surface area (Å²) >= 11 is 1.44. The fraction of sp³-hybridized carbons (Fsp3) is 0.188. The molecule has 7 heteroatoms. The predicted octanol–water partition coefficient (Wildman–Crippen LogP) is 1.68. The van der Waals surface area contributed by atoms with Gasteiger partial charge in [-0.3, -0.25) is 25.2 Å². The molecule has 1 aromatic heterocycles. The van der Waals surface area contributed by atoms with Crippen molar-refractivity contribution in [3.05, 3.63) is 58.3 Å². The third kappa shape index (κ3) is 5.23. The molecule has 0 bridgehead atoms. The smallest absolute Gasteiger partial charge is 0.311 e. The summed E-state index contributed by atoms with van der Waals surface area (Å²) in [5.74, 6) is -1.55. The molecule has 0 saturated heterocycles. The maximum atomic E-state index is 11.8. The first-order valence-corrected chi connectivity index (χ1v) is 7.81. The molecule has 2 rings (SSSR count). The van der Waals surface area contributed by atoms with Crippen LogP contribution in [0.5, 0.6) is 0 Å². The van der Waals surface area contributed by atoms with E-state index in [-0.39, 0.29) is 6.42 Å². The lowest BCUT2D eigenvalue weighted by Crippen LogP contribution is -2.46. The van der Waals surface area contributed by atoms with Gasteiger partial charge in [0.05, 0.1) is 6.42 Å². The highest BCUT2D eigenvalue weighted by Gasteiger charge is 2.19. The summed E-state index contributed by atoms with van der Waals surface area (Å²) < 4.78 is 5.03. The highest BCUT2D eigenvalue weighted by atomic mass is 32.1. The molecule has 0 aliphatic rings. The van der Waals surface area contributed by atoms with Crippen LogP contribution >= 0.6 is 11.3 Å². The summed E-state index contributed by atoms with van der Waals surface area (Å²) in [5.41, 5.74) is 4.91. The number of carbonyl (C=O) groups excluding carboxylic acids is 3. The lowest BCUT2D eigenvalue weighted by Gasteiger charge is -2.13. The van der Waals surface area contributed by atoms with Crippen molar-refractivity contribution in [2.75, 3.05) is 0 Å². The van der Waals surface area contributed by atoms with Crippen LogP contribution in [0.15, 0.2) is 47.8 Å². The second kappa shape index (κ2) is 8.09. The fourth-order valence-electron chi connectivity index (χ4n) is 1.73. The number of hydrogen-bond acceptors (Lipinski definition) is 5. The van der Waals surface area contributed by atoms with Crippen molar-refractivity contribution in [2.24, 2.45) is 0 Å². The Bertz CT molecular complexity index is 671. The lowest BCUT2D eigenvalue weighted by molar-refractivity contribution is -0.154. The van der Waals surface area contributed by atoms with Gasteiger partial charge >= 0.3 is 5.97 Å². The highest BCUT2D eigenvalue weighted by Crippen LogP contribution is 2.10. The number of nitrogens with one attached hydrogen (secondary N) is 2. The van der Waals surface area contributed by atoms with Crippen molar-refractivity contribution in [1.29, 1.82) is 0 Å². The summed E-state index contributed by atoms with van der Waals surface area (Å²) in [4.78, 5) is 36.2. The quantitative estimate of drug-likeness (QED) is 0.644. The van der Waals surface area contributed by atoms with E-state index in [1.54, 1.807) is 30.3 Å². The molecule has 0 fully saturated rings. The molecule has 2 amide bonds. The van der Waals surface area contributed by atoms with Crippen molar-refractivity contribution >= 4 is 29.1 Å². The first kappa shape index (κ1) is 16.7. The van der Waals surface area contributed by atoms with Crippen LogP contribution in [0.25, 0.3) is 0 Å². The normalized spacial score (nSPS) is 11.3. The molecule has 2 N–H and O–H groups in total. The molecule has 120 valence electrons. The molecule has 0 aliphatic carbocycles. The predicted molar refractivity (Wildman–Crippen MR) is 85.6 cm³/mol. The van der Waals surface area contributed by atoms with Gasteiger partial charge < -0.3 is 4.74 Å². The Hall–Kier alpha value is -2.67. The topological polar surface area (TPSA) is 84.5 Å². The minimum absolute atomic E-state index is 0.117. The van der Waals surface area contributed by atoms with Crippen LogP contribution in [0.3, 0.4) is 0 Å². The van der Waals surface area contributed by atoms with Crippen molar-refractivity contribution < 1.29 is 19.1 Å². The van der Waals surface area contributed by atoms with Gasteiger partial charge in [-0.05, 0) is 30.5 Å². The van der Waals surface area contributed by atoms with Gasteiger partial charge in [0, 0.05) is 10.4 Å². The van der Waals surface area contributed by atoms with E-state index in [1.165, 1.54) is 18.3 Å². The van der Waals surface area contributed by atoms with Crippen molar-refractivity contribution in [3.8, 4) is 0 Å². The van der Waals surface area contributed by atoms with E-state index in [2.05, 4.69) is 10.9 Å². The molecule has 23 heavy (non-hydrogen) atoms. The van der Waals surface area contributed by atoms with Crippen LogP contribution in [0, 0.1) is 0 Å². The summed E-state index contributed by atoms with van der Waals surface area (Å²) in [6, 6.07) is 12.1. The number of amides is 2. The Balaban J connectivity index is 1.76. The largest absolute Gasteiger partial charge is 0.452 e. The molecule has 0 saturated carbocycles. The van der Waals surface area contributed by atoms with Gasteiger partial charge in [0.25, 0.3) is 11.8 Å². The first-order valence-electron chi connectivity index (χ1n) is 6.93. The zero-order valence-electron chi connectivity index (χ0n) is 12.4. The maximum Gasteiger partial charge on any atom is 0.311 e. The number of rotatable bonds is 5. The van der Waals surface area contributed by atoms with E-state index in [1.807, 2.05) is 17.5 Å². The summed E-state index contributed by atoms with van der Waals surface area (Å²) in [6.45, 7) is 1.44. The Labute approximate surface area is 137 Å². The number of ether oxygens (including phenoxy) is 1. The van der Waals surface area contributed by atoms with Crippen LogP contribution < -0.4 is 10.9 Å². The first-order chi connectivity index (χ1) is 11.1. The van der Waals surface area contributed by atoms with Crippen LogP contribution in [-0.2, 0) is 20.7 Å². The van der Waals surface area contributed by atoms with E-state index >= 15 is 0 Å². The van der Waals surface area contributed by atoms with Gasteiger partial charge in [-0.2, -0.15) is 0 Å². The monoisotopic (exact) mass is 332 g/mol. The van der Waals surface area contributed by atoms with Crippen molar-refractivity contribution in [1.82, 2.24) is 10.9 Å². The number of carbonyl (C=O) groups is 3. The van der Waals surface area contributed by atoms with Crippen LogP contribution in [0.1, 0.15) is 22.2 Å². The minimum atomic E-state index is -1.00. The number of thiophene rings is 1. The molecule has 0 spiro atoms. The Morgan fingerprint density at radius 3 is 2.48 bits per heavy atom. The Kier molecular flexibility index (Phi) is 5.87. The number of hydrazine groups is 1. The molecule has 1 heterocycles. The summed E-state index contributed by atoms with van der Waals surface area (Å²) in [5, 5.41) is 1.86. The zero-order valence-corrected chi connectivity index (χ0v) is 13.3. The molecule has 0 radical (unpaired) electrons.